The number of cyclic esters (lactones) is 1. The minimum absolute atomic E-state index is 0.0193. The van der Waals surface area contributed by atoms with E-state index in [0.717, 1.165) is 11.8 Å². The van der Waals surface area contributed by atoms with Crippen molar-refractivity contribution < 1.29 is 65.9 Å². The van der Waals surface area contributed by atoms with Crippen LogP contribution in [-0.4, -0.2) is 156 Å². The molecule has 4 heterocycles. The Hall–Kier alpha value is -4.02. The van der Waals surface area contributed by atoms with Gasteiger partial charge < -0.3 is 44.1 Å². The average molecular weight is 964 g/mol. The van der Waals surface area contributed by atoms with Crippen LogP contribution in [0.2, 0.25) is 0 Å². The Bertz CT molecular complexity index is 2220. The van der Waals surface area contributed by atoms with Gasteiger partial charge in [0.2, 0.25) is 5.91 Å². The molecule has 1 amide bonds. The summed E-state index contributed by atoms with van der Waals surface area (Å²) < 4.78 is 71.2. The monoisotopic (exact) mass is 963 g/mol. The van der Waals surface area contributed by atoms with Crippen molar-refractivity contribution in [2.75, 3.05) is 39.7 Å². The molecule has 3 N–H and O–H groups in total. The lowest BCUT2D eigenvalue weighted by Crippen LogP contribution is -2.60. The normalized spacial score (nSPS) is 33.4. The second kappa shape index (κ2) is 22.2. The second-order valence-corrected chi connectivity index (χ2v) is 21.2. The van der Waals surface area contributed by atoms with Gasteiger partial charge in [-0.15, -0.1) is 5.10 Å². The number of hydrogen-bond donors (Lipinski definition) is 3. The zero-order valence-corrected chi connectivity index (χ0v) is 41.4. The van der Waals surface area contributed by atoms with Crippen LogP contribution in [0.15, 0.2) is 46.6 Å². The fourth-order valence-electron chi connectivity index (χ4n) is 9.74. The third kappa shape index (κ3) is 12.8. The fourth-order valence-corrected chi connectivity index (χ4v) is 10.4. The summed E-state index contributed by atoms with van der Waals surface area (Å²) >= 11 is 0. The zero-order valence-electron chi connectivity index (χ0n) is 40.6. The number of halogens is 1. The van der Waals surface area contributed by atoms with Gasteiger partial charge in [-0.2, -0.15) is 0 Å². The number of fused-ring (bicyclic) bond motifs is 4. The molecule has 1 fully saturated rings. The van der Waals surface area contributed by atoms with Crippen molar-refractivity contribution in [2.24, 2.45) is 17.8 Å². The van der Waals surface area contributed by atoms with E-state index in [-0.39, 0.29) is 24.2 Å². The molecular weight excluding hydrogens is 894 g/mol. The van der Waals surface area contributed by atoms with Gasteiger partial charge in [-0.05, 0) is 78.6 Å². The molecule has 2 aromatic rings. The number of ketones is 2. The van der Waals surface area contributed by atoms with Crippen molar-refractivity contribution in [3.8, 4) is 0 Å². The number of carbonyl (C=O) groups is 4. The van der Waals surface area contributed by atoms with Gasteiger partial charge in [0.25, 0.3) is 0 Å². The van der Waals surface area contributed by atoms with E-state index in [2.05, 4.69) is 15.6 Å². The smallest absolute Gasteiger partial charge is 0.316 e. The van der Waals surface area contributed by atoms with Crippen LogP contribution in [0.3, 0.4) is 0 Å². The molecule has 67 heavy (non-hydrogen) atoms. The molecular formula is C47H70FN5O13S. The van der Waals surface area contributed by atoms with Gasteiger partial charge in [-0.25, -0.2) is 17.5 Å². The summed E-state index contributed by atoms with van der Waals surface area (Å²) in [6.45, 7) is 13.1. The molecule has 2 bridgehead atoms. The summed E-state index contributed by atoms with van der Waals surface area (Å²) in [5.41, 5.74) is -1.19. The minimum atomic E-state index is -3.38. The predicted molar refractivity (Wildman–Crippen MR) is 242 cm³/mol. The predicted octanol–water partition coefficient (Wildman–Crippen LogP) is 3.27. The molecule has 5 rings (SSSR count). The number of nitrogens with zero attached hydrogens (tertiary/aromatic N) is 4. The van der Waals surface area contributed by atoms with Crippen LogP contribution in [0.5, 0.6) is 0 Å². The van der Waals surface area contributed by atoms with Gasteiger partial charge in [0.15, 0.2) is 27.7 Å². The Morgan fingerprint density at radius 3 is 2.39 bits per heavy atom. The Labute approximate surface area is 393 Å². The summed E-state index contributed by atoms with van der Waals surface area (Å²) in [7, 11) is -1.55. The number of Topliss-reactive ketones (excluding diaryl/α,β-unsaturated/α-hetero) is 2. The fraction of sp³-hybridized carbons (Fsp3) is 0.702. The highest BCUT2D eigenvalue weighted by Gasteiger charge is 2.52. The first-order valence-electron chi connectivity index (χ1n) is 23.0. The second-order valence-electron chi connectivity index (χ2n) is 19.2. The Morgan fingerprint density at radius 2 is 1.78 bits per heavy atom. The van der Waals surface area contributed by atoms with Crippen molar-refractivity contribution >= 4 is 33.3 Å². The van der Waals surface area contributed by atoms with Gasteiger partial charge in [-0.1, -0.05) is 43.7 Å². The molecule has 374 valence electrons. The lowest BCUT2D eigenvalue weighted by Gasteiger charge is -2.47. The van der Waals surface area contributed by atoms with Crippen LogP contribution >= 0.6 is 0 Å². The number of alkyl halides is 1. The van der Waals surface area contributed by atoms with Crippen LogP contribution < -0.4 is 5.32 Å². The van der Waals surface area contributed by atoms with E-state index < -0.39 is 131 Å². The summed E-state index contributed by atoms with van der Waals surface area (Å²) in [6.07, 6.45) is -2.81. The summed E-state index contributed by atoms with van der Waals surface area (Å²) in [4.78, 5) is 56.8. The lowest BCUT2D eigenvalue weighted by molar-refractivity contribution is -0.296. The summed E-state index contributed by atoms with van der Waals surface area (Å²) in [5, 5.41) is 35.6. The highest BCUT2D eigenvalue weighted by molar-refractivity contribution is 7.90. The van der Waals surface area contributed by atoms with Gasteiger partial charge in [0.05, 0.1) is 40.5 Å². The molecule has 1 saturated heterocycles. The van der Waals surface area contributed by atoms with E-state index in [4.69, 9.17) is 23.7 Å². The number of aromatic nitrogens is 3. The minimum Gasteiger partial charge on any atom is -0.459 e. The van der Waals surface area contributed by atoms with Crippen molar-refractivity contribution in [3.05, 3.63) is 53.0 Å². The maximum atomic E-state index is 14.5. The molecule has 0 spiro atoms. The molecule has 3 aliphatic heterocycles. The number of aliphatic hydroxyl groups excluding tert-OH is 1. The first-order chi connectivity index (χ1) is 31.3. The number of nitrogens with one attached hydrogen (secondary N) is 1. The van der Waals surface area contributed by atoms with Crippen molar-refractivity contribution in [3.63, 3.8) is 0 Å². The van der Waals surface area contributed by atoms with Crippen molar-refractivity contribution in [1.82, 2.24) is 25.2 Å². The van der Waals surface area contributed by atoms with Crippen LogP contribution in [0.1, 0.15) is 98.9 Å². The number of likely N-dealkylation sites (N-methyl/N-ethyl adjacent to an activating group) is 1. The molecule has 0 unspecified atom stereocenters. The standard InChI is InChI=1S/C47H70FN5O13S/c1-12-38-47(9,59)43-28(4)39(49-31(7)54)26(2)21-46(8,63-25-35(55)24-62-43)42(29(5)40(56)30(6)44(58)65-38)66-45-41(57)37(19-27(3)64-45)52(10)18-17-33-23-53(51-50-33)34(22-48)20-32-13-15-36(16-14-32)67(11,60)61/h13-16,23,27-30,34,37-38,41-43,45,57,59H,12,17-22,24-25H2,1-11H3,(H,49,54)/t27-,28+,29+,30-,34+,37+,38-,41-,42-,43-,45+,46-,47-/m1/s1. The first-order valence-corrected chi connectivity index (χ1v) is 24.9. The maximum absolute atomic E-state index is 14.5. The largest absolute Gasteiger partial charge is 0.459 e. The van der Waals surface area contributed by atoms with Crippen molar-refractivity contribution in [2.45, 2.75) is 159 Å². The number of sulfone groups is 1. The molecule has 1 aromatic carbocycles. The number of hydrogen-bond acceptors (Lipinski definition) is 16. The number of amides is 1. The number of ether oxygens (including phenoxy) is 5. The Balaban J connectivity index is 1.44. The van der Waals surface area contributed by atoms with Crippen LogP contribution in [0.4, 0.5) is 4.39 Å². The van der Waals surface area contributed by atoms with Crippen LogP contribution in [0.25, 0.3) is 0 Å². The van der Waals surface area contributed by atoms with E-state index in [1.54, 1.807) is 52.9 Å². The van der Waals surface area contributed by atoms with Gasteiger partial charge in [0.1, 0.15) is 43.6 Å². The molecule has 18 nitrogen and oxygen atoms in total. The quantitative estimate of drug-likeness (QED) is 0.193. The van der Waals surface area contributed by atoms with E-state index >= 15 is 0 Å². The Morgan fingerprint density at radius 1 is 1.10 bits per heavy atom. The lowest BCUT2D eigenvalue weighted by atomic mass is 9.77. The Kier molecular flexibility index (Phi) is 17.8. The zero-order chi connectivity index (χ0) is 49.8. The molecule has 20 heteroatoms. The number of rotatable bonds is 13. The first kappa shape index (κ1) is 53.9. The summed E-state index contributed by atoms with van der Waals surface area (Å²) in [5.74, 6) is -5.62. The van der Waals surface area contributed by atoms with E-state index in [1.807, 2.05) is 18.9 Å². The number of aliphatic hydroxyl groups is 2. The van der Waals surface area contributed by atoms with Gasteiger partial charge >= 0.3 is 5.97 Å². The van der Waals surface area contributed by atoms with E-state index in [9.17, 15) is 42.2 Å². The number of benzene rings is 1. The van der Waals surface area contributed by atoms with Gasteiger partial charge in [0, 0.05) is 62.3 Å². The van der Waals surface area contributed by atoms with Crippen molar-refractivity contribution in [1.29, 1.82) is 0 Å². The van der Waals surface area contributed by atoms with Gasteiger partial charge in [-0.3, -0.25) is 19.2 Å². The third-order valence-electron chi connectivity index (χ3n) is 13.5. The topological polar surface area (TPSA) is 235 Å². The maximum Gasteiger partial charge on any atom is 0.316 e. The third-order valence-corrected chi connectivity index (χ3v) is 14.7. The van der Waals surface area contributed by atoms with Crippen LogP contribution in [-0.2, 0) is 65.5 Å². The SMILES string of the molecule is CC[C@H]1OC(=O)[C@H](C)C(=O)[C@H](C)[C@@H](O[C@@H]2O[C@H](C)C[C@H](N(C)CCc3cn([C@H](CF)Cc4ccc(S(C)(=O)=O)cc4)nn3)[C@H]2O)[C@@]2(C)CC(C)=C(NC(C)=O)[C@H](C)[C@@H](OCC(=O)CO2)[C@]1(C)O. The molecule has 0 saturated carbocycles. The highest BCUT2D eigenvalue weighted by atomic mass is 32.2. The average Bonchev–Trinajstić information content (AvgIpc) is 3.74. The molecule has 3 aliphatic rings. The number of esters is 1. The molecule has 0 radical (unpaired) electrons. The molecule has 13 atom stereocenters. The highest BCUT2D eigenvalue weighted by Crippen LogP contribution is 2.40. The molecule has 1 aromatic heterocycles. The molecule has 0 aliphatic carbocycles. The van der Waals surface area contributed by atoms with E-state index in [0.29, 0.717) is 36.4 Å². The number of carbonyl (C=O) groups excluding carboxylic acids is 4. The summed E-state index contributed by atoms with van der Waals surface area (Å²) in [6, 6.07) is 5.06. The van der Waals surface area contributed by atoms with E-state index in [1.165, 1.54) is 37.6 Å². The van der Waals surface area contributed by atoms with Crippen LogP contribution in [0, 0.1) is 17.8 Å².